The van der Waals surface area contributed by atoms with E-state index in [0.717, 1.165) is 5.56 Å². The highest BCUT2D eigenvalue weighted by Gasteiger charge is 2.73. The highest BCUT2D eigenvalue weighted by molar-refractivity contribution is 8.01. The van der Waals surface area contributed by atoms with Crippen molar-refractivity contribution >= 4 is 35.2 Å². The highest BCUT2D eigenvalue weighted by Crippen LogP contribution is 2.55. The molecule has 0 saturated carbocycles. The number of esters is 1. The molecule has 1 N–H and O–H groups in total. The molecule has 0 spiro atoms. The van der Waals surface area contributed by atoms with Crippen molar-refractivity contribution in [2.45, 2.75) is 48.8 Å². The predicted molar refractivity (Wildman–Crippen MR) is 127 cm³/mol. The first-order chi connectivity index (χ1) is 16.6. The number of ether oxygens (including phenoxy) is 2. The fourth-order valence-electron chi connectivity index (χ4n) is 4.34. The van der Waals surface area contributed by atoms with Gasteiger partial charge in [-0.15, -0.1) is 11.8 Å². The molecule has 2 amide bonds. The number of hydrogen-bond donors (Lipinski definition) is 1. The average Bonchev–Trinajstić information content (AvgIpc) is 3.10. The summed E-state index contributed by atoms with van der Waals surface area (Å²) in [5.41, 5.74) is -0.251. The third kappa shape index (κ3) is 4.48. The predicted octanol–water partition coefficient (Wildman–Crippen LogP) is 2.40. The van der Waals surface area contributed by atoms with Crippen LogP contribution in [0, 0.1) is 10.1 Å². The van der Waals surface area contributed by atoms with Crippen molar-refractivity contribution in [3.05, 3.63) is 75.8 Å². The van der Waals surface area contributed by atoms with Crippen LogP contribution < -0.4 is 5.32 Å². The van der Waals surface area contributed by atoms with E-state index in [4.69, 9.17) is 9.47 Å². The Labute approximate surface area is 206 Å². The van der Waals surface area contributed by atoms with E-state index in [1.165, 1.54) is 48.0 Å². The molecule has 0 aromatic heterocycles. The zero-order valence-corrected chi connectivity index (χ0v) is 20.2. The maximum Gasteiger partial charge on any atom is 0.330 e. The molecule has 2 aliphatic heterocycles. The van der Waals surface area contributed by atoms with E-state index < -0.39 is 38.7 Å². The van der Waals surface area contributed by atoms with Gasteiger partial charge in [0, 0.05) is 24.0 Å². The van der Waals surface area contributed by atoms with Gasteiger partial charge in [0.15, 0.2) is 0 Å². The molecule has 2 aliphatic rings. The van der Waals surface area contributed by atoms with Crippen molar-refractivity contribution in [2.24, 2.45) is 0 Å². The summed E-state index contributed by atoms with van der Waals surface area (Å²) in [5.74, 6) is -1.48. The number of β-lactam (4-membered cyclic amide) rings is 1. The van der Waals surface area contributed by atoms with Gasteiger partial charge >= 0.3 is 5.97 Å². The van der Waals surface area contributed by atoms with E-state index >= 15 is 0 Å². The third-order valence-corrected chi connectivity index (χ3v) is 7.72. The zero-order valence-electron chi connectivity index (χ0n) is 19.4. The number of nitro benzene ring substituents is 1. The van der Waals surface area contributed by atoms with Crippen LogP contribution in [0.3, 0.4) is 0 Å². The average molecular weight is 500 g/mol. The normalized spacial score (nSPS) is 24.3. The van der Waals surface area contributed by atoms with E-state index in [1.54, 1.807) is 0 Å². The number of methoxy groups -OCH3 is 1. The Morgan fingerprint density at radius 3 is 2.37 bits per heavy atom. The number of fused-ring (bicyclic) bond motifs is 1. The topological polar surface area (TPSA) is 128 Å². The van der Waals surface area contributed by atoms with Crippen molar-refractivity contribution in [3.63, 3.8) is 0 Å². The molecule has 3 atom stereocenters. The van der Waals surface area contributed by atoms with Gasteiger partial charge in [0.2, 0.25) is 5.91 Å². The van der Waals surface area contributed by atoms with E-state index in [2.05, 4.69) is 5.32 Å². The van der Waals surface area contributed by atoms with Crippen LogP contribution in [0.15, 0.2) is 54.6 Å². The maximum atomic E-state index is 13.3. The van der Waals surface area contributed by atoms with E-state index in [-0.39, 0.29) is 24.6 Å². The van der Waals surface area contributed by atoms with Crippen LogP contribution in [0.1, 0.15) is 25.0 Å². The summed E-state index contributed by atoms with van der Waals surface area (Å²) in [7, 11) is 1.35. The Bertz CT molecular complexity index is 1160. The lowest BCUT2D eigenvalue weighted by Crippen LogP contribution is -2.80. The van der Waals surface area contributed by atoms with E-state index in [9.17, 15) is 24.5 Å². The van der Waals surface area contributed by atoms with Gasteiger partial charge in [0.25, 0.3) is 17.3 Å². The summed E-state index contributed by atoms with van der Waals surface area (Å²) in [6.45, 7) is 3.56. The molecule has 2 fully saturated rings. The molecule has 0 bridgehead atoms. The van der Waals surface area contributed by atoms with Crippen molar-refractivity contribution in [1.82, 2.24) is 10.2 Å². The number of carbonyl (C=O) groups excluding carboxylic acids is 3. The molecule has 184 valence electrons. The van der Waals surface area contributed by atoms with Gasteiger partial charge in [0.1, 0.15) is 18.0 Å². The molecule has 10 nitrogen and oxygen atoms in total. The lowest BCUT2D eigenvalue weighted by Gasteiger charge is -2.51. The second-order valence-corrected chi connectivity index (χ2v) is 10.6. The number of nitrogens with one attached hydrogen (secondary N) is 1. The molecule has 2 aromatic carbocycles. The molecule has 0 radical (unpaired) electrons. The number of non-ortho nitro benzene ring substituents is 1. The molecule has 35 heavy (non-hydrogen) atoms. The summed E-state index contributed by atoms with van der Waals surface area (Å²) < 4.78 is 10.3. The minimum absolute atomic E-state index is 0.0624. The lowest BCUT2D eigenvalue weighted by molar-refractivity contribution is -0.384. The second kappa shape index (κ2) is 9.31. The Morgan fingerprint density at radius 1 is 1.11 bits per heavy atom. The van der Waals surface area contributed by atoms with Gasteiger partial charge in [-0.25, -0.2) is 4.79 Å². The molecular formula is C24H25N3O7S. The SMILES string of the molecule is COC1(NC(=O)Cc2ccccc2)C(=O)N2[C@@H](C(=O)OCc3ccc([N+](=O)[O-])cc3)C(C)(C)S[C@@H]21. The first-order valence-electron chi connectivity index (χ1n) is 10.9. The monoisotopic (exact) mass is 499 g/mol. The number of carbonyl (C=O) groups is 3. The fourth-order valence-corrected chi connectivity index (χ4v) is 6.01. The molecule has 2 saturated heterocycles. The molecule has 4 rings (SSSR count). The van der Waals surface area contributed by atoms with Crippen LogP contribution in [-0.2, 0) is 36.9 Å². The molecule has 1 unspecified atom stereocenters. The first-order valence-corrected chi connectivity index (χ1v) is 11.8. The Morgan fingerprint density at radius 2 is 1.77 bits per heavy atom. The number of nitrogens with zero attached hydrogens (tertiary/aromatic N) is 2. The molecule has 2 aromatic rings. The van der Waals surface area contributed by atoms with Crippen LogP contribution in [-0.4, -0.2) is 56.6 Å². The maximum absolute atomic E-state index is 13.3. The van der Waals surface area contributed by atoms with Crippen LogP contribution in [0.2, 0.25) is 0 Å². The summed E-state index contributed by atoms with van der Waals surface area (Å²) in [4.78, 5) is 50.7. The van der Waals surface area contributed by atoms with Gasteiger partial charge in [0.05, 0.1) is 11.3 Å². The number of amides is 2. The fraction of sp³-hybridized carbons (Fsp3) is 0.375. The minimum atomic E-state index is -1.57. The van der Waals surface area contributed by atoms with Crippen LogP contribution in [0.5, 0.6) is 0 Å². The Hall–Kier alpha value is -3.44. The lowest BCUT2D eigenvalue weighted by atomic mass is 9.93. The summed E-state index contributed by atoms with van der Waals surface area (Å²) in [6, 6.07) is 13.9. The standard InChI is InChI=1S/C24H25N3O7S/c1-23(2)19(20(29)34-14-16-9-11-17(12-10-16)27(31)32)26-21(30)24(33-3,22(26)35-23)25-18(28)13-15-7-5-4-6-8-15/h4-12,19,22H,13-14H2,1-3H3,(H,25,28)/t19-,22+,24?/m0/s1. The number of hydrogen-bond acceptors (Lipinski definition) is 8. The van der Waals surface area contributed by atoms with Crippen molar-refractivity contribution in [2.75, 3.05) is 7.11 Å². The number of benzene rings is 2. The smallest absolute Gasteiger partial charge is 0.330 e. The van der Waals surface area contributed by atoms with Crippen LogP contribution in [0.25, 0.3) is 0 Å². The van der Waals surface area contributed by atoms with Gasteiger partial charge < -0.3 is 19.7 Å². The van der Waals surface area contributed by atoms with Crippen molar-refractivity contribution in [1.29, 1.82) is 0 Å². The summed E-state index contributed by atoms with van der Waals surface area (Å²) in [5, 5.41) is 12.9. The van der Waals surface area contributed by atoms with Gasteiger partial charge in [-0.05, 0) is 37.1 Å². The number of thioether (sulfide) groups is 1. The number of nitro groups is 1. The molecular weight excluding hydrogens is 474 g/mol. The van der Waals surface area contributed by atoms with Gasteiger partial charge in [-0.3, -0.25) is 19.7 Å². The minimum Gasteiger partial charge on any atom is -0.459 e. The zero-order chi connectivity index (χ0) is 25.4. The molecule has 2 heterocycles. The second-order valence-electron chi connectivity index (χ2n) is 8.87. The Kier molecular flexibility index (Phi) is 6.56. The highest BCUT2D eigenvalue weighted by atomic mass is 32.2. The van der Waals surface area contributed by atoms with Crippen LogP contribution in [0.4, 0.5) is 5.69 Å². The third-order valence-electron chi connectivity index (χ3n) is 6.11. The van der Waals surface area contributed by atoms with E-state index in [0.29, 0.717) is 5.56 Å². The Balaban J connectivity index is 1.45. The largest absolute Gasteiger partial charge is 0.459 e. The van der Waals surface area contributed by atoms with Gasteiger partial charge in [-0.1, -0.05) is 30.3 Å². The molecule has 11 heteroatoms. The quantitative estimate of drug-likeness (QED) is 0.193. The van der Waals surface area contributed by atoms with Gasteiger partial charge in [-0.2, -0.15) is 0 Å². The van der Waals surface area contributed by atoms with Crippen molar-refractivity contribution < 1.29 is 28.8 Å². The van der Waals surface area contributed by atoms with Crippen LogP contribution >= 0.6 is 11.8 Å². The van der Waals surface area contributed by atoms with Crippen molar-refractivity contribution in [3.8, 4) is 0 Å². The first kappa shape index (κ1) is 24.7. The summed E-state index contributed by atoms with van der Waals surface area (Å²) >= 11 is 1.35. The molecule has 0 aliphatic carbocycles. The summed E-state index contributed by atoms with van der Waals surface area (Å²) in [6.07, 6.45) is 0.0840. The van der Waals surface area contributed by atoms with E-state index in [1.807, 2.05) is 44.2 Å². The number of rotatable bonds is 8.